The van der Waals surface area contributed by atoms with Crippen LogP contribution >= 0.6 is 0 Å². The standard InChI is InChI=1S/C13H21/c1-13-6-4-10-2-3-11(5-7-13)12(8-10)9-13/h10-12H,1-9H2. The van der Waals surface area contributed by atoms with E-state index in [2.05, 4.69) is 6.92 Å². The van der Waals surface area contributed by atoms with E-state index in [0.29, 0.717) is 5.41 Å². The van der Waals surface area contributed by atoms with E-state index in [1.807, 2.05) is 0 Å². The highest BCUT2D eigenvalue weighted by Crippen LogP contribution is 2.55. The van der Waals surface area contributed by atoms with E-state index >= 15 is 0 Å². The number of hydrogen-bond donors (Lipinski definition) is 0. The average Bonchev–Trinajstić information content (AvgIpc) is 2.20. The van der Waals surface area contributed by atoms with Gasteiger partial charge in [-0.3, -0.25) is 0 Å². The molecule has 0 aromatic heterocycles. The SMILES string of the molecule is [CH2]C12CCC3CCC(CC1)C(C3)C2. The Morgan fingerprint density at radius 1 is 0.923 bits per heavy atom. The van der Waals surface area contributed by atoms with Gasteiger partial charge in [0, 0.05) is 0 Å². The molecule has 3 aliphatic carbocycles. The molecule has 0 heteroatoms. The molecular formula is C13H21. The van der Waals surface area contributed by atoms with E-state index in [4.69, 9.17) is 0 Å². The predicted molar refractivity (Wildman–Crippen MR) is 55.2 cm³/mol. The van der Waals surface area contributed by atoms with E-state index in [-0.39, 0.29) is 0 Å². The maximum atomic E-state index is 4.51. The number of fused-ring (bicyclic) bond motifs is 2. The first kappa shape index (κ1) is 8.32. The molecule has 1 radical (unpaired) electrons. The lowest BCUT2D eigenvalue weighted by Gasteiger charge is -2.43. The zero-order valence-corrected chi connectivity index (χ0v) is 8.60. The van der Waals surface area contributed by atoms with Gasteiger partial charge in [-0.25, -0.2) is 0 Å². The third kappa shape index (κ3) is 1.33. The molecule has 4 unspecified atom stereocenters. The second-order valence-corrected chi connectivity index (χ2v) is 5.98. The molecule has 3 saturated carbocycles. The van der Waals surface area contributed by atoms with Gasteiger partial charge in [0.2, 0.25) is 0 Å². The first-order valence-corrected chi connectivity index (χ1v) is 6.11. The van der Waals surface area contributed by atoms with E-state index in [1.54, 1.807) is 12.8 Å². The molecule has 0 saturated heterocycles. The van der Waals surface area contributed by atoms with E-state index < -0.39 is 0 Å². The Bertz CT molecular complexity index is 208. The molecule has 0 N–H and O–H groups in total. The van der Waals surface area contributed by atoms with Gasteiger partial charge in [-0.05, 0) is 75.0 Å². The highest BCUT2D eigenvalue weighted by molar-refractivity contribution is 4.97. The average molecular weight is 177 g/mol. The van der Waals surface area contributed by atoms with Crippen molar-refractivity contribution in [1.82, 2.24) is 0 Å². The summed E-state index contributed by atoms with van der Waals surface area (Å²) in [6, 6.07) is 0. The van der Waals surface area contributed by atoms with Crippen molar-refractivity contribution in [2.24, 2.45) is 23.2 Å². The highest BCUT2D eigenvalue weighted by Gasteiger charge is 2.43. The van der Waals surface area contributed by atoms with Crippen LogP contribution in [0.25, 0.3) is 0 Å². The summed E-state index contributed by atoms with van der Waals surface area (Å²) in [5, 5.41) is 0. The van der Waals surface area contributed by atoms with Gasteiger partial charge in [-0.2, -0.15) is 0 Å². The maximum Gasteiger partial charge on any atom is -0.0294 e. The third-order valence-electron chi connectivity index (χ3n) is 5.07. The molecule has 0 nitrogen and oxygen atoms in total. The first-order chi connectivity index (χ1) is 6.25. The lowest BCUT2D eigenvalue weighted by Crippen LogP contribution is -2.32. The van der Waals surface area contributed by atoms with Gasteiger partial charge in [0.05, 0.1) is 0 Å². The monoisotopic (exact) mass is 177 g/mol. The Morgan fingerprint density at radius 3 is 2.69 bits per heavy atom. The number of rotatable bonds is 0. The van der Waals surface area contributed by atoms with Gasteiger partial charge < -0.3 is 0 Å². The summed E-state index contributed by atoms with van der Waals surface area (Å²) in [4.78, 5) is 0. The Morgan fingerprint density at radius 2 is 1.77 bits per heavy atom. The fourth-order valence-electron chi connectivity index (χ4n) is 4.20. The van der Waals surface area contributed by atoms with Crippen molar-refractivity contribution in [3.05, 3.63) is 6.92 Å². The van der Waals surface area contributed by atoms with Crippen molar-refractivity contribution in [2.75, 3.05) is 0 Å². The summed E-state index contributed by atoms with van der Waals surface area (Å²) >= 11 is 0. The topological polar surface area (TPSA) is 0 Å². The van der Waals surface area contributed by atoms with Crippen molar-refractivity contribution < 1.29 is 0 Å². The third-order valence-corrected chi connectivity index (χ3v) is 5.07. The van der Waals surface area contributed by atoms with E-state index in [0.717, 1.165) is 17.8 Å². The highest BCUT2D eigenvalue weighted by atomic mass is 14.5. The van der Waals surface area contributed by atoms with E-state index in [1.165, 1.54) is 38.5 Å². The zero-order chi connectivity index (χ0) is 8.89. The molecule has 73 valence electrons. The van der Waals surface area contributed by atoms with Crippen LogP contribution in [0.15, 0.2) is 0 Å². The molecule has 0 heterocycles. The van der Waals surface area contributed by atoms with Crippen molar-refractivity contribution in [1.29, 1.82) is 0 Å². The lowest BCUT2D eigenvalue weighted by atomic mass is 9.63. The van der Waals surface area contributed by atoms with Crippen LogP contribution in [0.2, 0.25) is 0 Å². The molecule has 0 spiro atoms. The van der Waals surface area contributed by atoms with Crippen LogP contribution in [0.3, 0.4) is 0 Å². The molecule has 3 bridgehead atoms. The smallest absolute Gasteiger partial charge is 0.0294 e. The van der Waals surface area contributed by atoms with Crippen molar-refractivity contribution in [3.63, 3.8) is 0 Å². The Kier molecular flexibility index (Phi) is 1.76. The van der Waals surface area contributed by atoms with Gasteiger partial charge in [-0.1, -0.05) is 6.42 Å². The summed E-state index contributed by atoms with van der Waals surface area (Å²) < 4.78 is 0. The molecule has 0 aliphatic heterocycles. The van der Waals surface area contributed by atoms with Gasteiger partial charge in [-0.15, -0.1) is 0 Å². The molecule has 3 fully saturated rings. The first-order valence-electron chi connectivity index (χ1n) is 6.11. The second kappa shape index (κ2) is 2.74. The summed E-state index contributed by atoms with van der Waals surface area (Å²) in [6.45, 7) is 4.51. The van der Waals surface area contributed by atoms with Crippen molar-refractivity contribution >= 4 is 0 Å². The summed E-state index contributed by atoms with van der Waals surface area (Å²) in [6.07, 6.45) is 12.0. The van der Waals surface area contributed by atoms with Crippen LogP contribution in [0.5, 0.6) is 0 Å². The van der Waals surface area contributed by atoms with Crippen LogP contribution in [-0.4, -0.2) is 0 Å². The van der Waals surface area contributed by atoms with Gasteiger partial charge >= 0.3 is 0 Å². The van der Waals surface area contributed by atoms with Crippen LogP contribution < -0.4 is 0 Å². The minimum Gasteiger partial charge on any atom is -0.0502 e. The largest absolute Gasteiger partial charge is 0.0502 e. The van der Waals surface area contributed by atoms with Crippen LogP contribution in [0, 0.1) is 30.1 Å². The molecule has 3 rings (SSSR count). The molecule has 0 aromatic rings. The maximum absolute atomic E-state index is 4.51. The van der Waals surface area contributed by atoms with Crippen molar-refractivity contribution in [3.8, 4) is 0 Å². The molecule has 0 aromatic carbocycles. The quantitative estimate of drug-likeness (QED) is 0.527. The van der Waals surface area contributed by atoms with E-state index in [9.17, 15) is 0 Å². The molecule has 0 amide bonds. The molecular weight excluding hydrogens is 156 g/mol. The van der Waals surface area contributed by atoms with Gasteiger partial charge in [0.1, 0.15) is 0 Å². The summed E-state index contributed by atoms with van der Waals surface area (Å²) in [5.74, 6) is 3.26. The van der Waals surface area contributed by atoms with Gasteiger partial charge in [0.25, 0.3) is 0 Å². The van der Waals surface area contributed by atoms with Crippen LogP contribution in [0.4, 0.5) is 0 Å². The lowest BCUT2D eigenvalue weighted by molar-refractivity contribution is 0.0958. The minimum atomic E-state index is 0.514. The van der Waals surface area contributed by atoms with Gasteiger partial charge in [0.15, 0.2) is 0 Å². The predicted octanol–water partition coefficient (Wildman–Crippen LogP) is 3.82. The fraction of sp³-hybridized carbons (Fsp3) is 0.923. The second-order valence-electron chi connectivity index (χ2n) is 5.98. The Balaban J connectivity index is 1.89. The van der Waals surface area contributed by atoms with Crippen LogP contribution in [0.1, 0.15) is 51.4 Å². The Hall–Kier alpha value is 0. The normalized spacial score (nSPS) is 54.7. The fourth-order valence-corrected chi connectivity index (χ4v) is 4.20. The van der Waals surface area contributed by atoms with Crippen LogP contribution in [-0.2, 0) is 0 Å². The minimum absolute atomic E-state index is 0.514. The number of hydrogen-bond acceptors (Lipinski definition) is 0. The Labute approximate surface area is 82.1 Å². The molecule has 13 heavy (non-hydrogen) atoms. The molecule has 4 atom stereocenters. The summed E-state index contributed by atoms with van der Waals surface area (Å²) in [7, 11) is 0. The zero-order valence-electron chi connectivity index (χ0n) is 8.60. The van der Waals surface area contributed by atoms with Crippen molar-refractivity contribution in [2.45, 2.75) is 51.4 Å². The summed E-state index contributed by atoms with van der Waals surface area (Å²) in [5.41, 5.74) is 0.514. The molecule has 3 aliphatic rings.